The highest BCUT2D eigenvalue weighted by Crippen LogP contribution is 2.67. The Labute approximate surface area is 94.6 Å². The Morgan fingerprint density at radius 1 is 1.56 bits per heavy atom. The molecule has 4 rings (SSSR count). The molecule has 4 fully saturated rings. The molecule has 0 spiro atoms. The number of rotatable bonds is 1. The van der Waals surface area contributed by atoms with Gasteiger partial charge in [-0.25, -0.2) is 0 Å². The fourth-order valence-corrected chi connectivity index (χ4v) is 5.02. The van der Waals surface area contributed by atoms with Crippen molar-refractivity contribution in [2.24, 2.45) is 23.7 Å². The minimum atomic E-state index is -0.405. The van der Waals surface area contributed by atoms with Crippen LogP contribution in [0.4, 0.5) is 0 Å². The highest BCUT2D eigenvalue weighted by atomic mass is 16.6. The standard InChI is InChI=1S/C12H17NO3/c1-3-12-8-6-4-5(9(14)10(6)16-12)7(8)11(15)13(12)2/h5-10,14H,3-4H2,1-2H3. The fourth-order valence-electron chi connectivity index (χ4n) is 5.02. The van der Waals surface area contributed by atoms with Crippen LogP contribution in [-0.4, -0.2) is 40.9 Å². The van der Waals surface area contributed by atoms with E-state index in [9.17, 15) is 9.90 Å². The quantitative estimate of drug-likeness (QED) is 0.691. The molecule has 2 aliphatic heterocycles. The Balaban J connectivity index is 1.90. The summed E-state index contributed by atoms with van der Waals surface area (Å²) in [5, 5.41) is 10.1. The molecule has 88 valence electrons. The molecule has 7 atom stereocenters. The molecule has 4 heteroatoms. The van der Waals surface area contributed by atoms with Crippen LogP contribution in [0.1, 0.15) is 19.8 Å². The summed E-state index contributed by atoms with van der Waals surface area (Å²) in [7, 11) is 1.86. The molecule has 16 heavy (non-hydrogen) atoms. The molecule has 4 aliphatic rings. The lowest BCUT2D eigenvalue weighted by Crippen LogP contribution is -2.48. The number of carbonyl (C=O) groups excluding carboxylic acids is 1. The predicted molar refractivity (Wildman–Crippen MR) is 55.2 cm³/mol. The van der Waals surface area contributed by atoms with Crippen LogP contribution in [0.3, 0.4) is 0 Å². The molecule has 0 aromatic carbocycles. The van der Waals surface area contributed by atoms with Crippen LogP contribution in [0.5, 0.6) is 0 Å². The molecule has 4 nitrogen and oxygen atoms in total. The first kappa shape index (κ1) is 9.42. The van der Waals surface area contributed by atoms with E-state index in [-0.39, 0.29) is 23.8 Å². The van der Waals surface area contributed by atoms with Gasteiger partial charge in [0.1, 0.15) is 5.72 Å². The van der Waals surface area contributed by atoms with E-state index in [1.807, 2.05) is 11.9 Å². The summed E-state index contributed by atoms with van der Waals surface area (Å²) in [5.74, 6) is 1.14. The van der Waals surface area contributed by atoms with E-state index in [2.05, 4.69) is 6.92 Å². The third-order valence-corrected chi connectivity index (χ3v) is 5.60. The van der Waals surface area contributed by atoms with E-state index in [4.69, 9.17) is 4.74 Å². The summed E-state index contributed by atoms with van der Waals surface area (Å²) in [6, 6.07) is 0. The van der Waals surface area contributed by atoms with Crippen molar-refractivity contribution in [3.63, 3.8) is 0 Å². The first-order valence-corrected chi connectivity index (χ1v) is 6.25. The third-order valence-electron chi connectivity index (χ3n) is 5.60. The van der Waals surface area contributed by atoms with E-state index in [1.165, 1.54) is 0 Å². The SMILES string of the molecule is CCC12OC3C(O)C4CC3C1C4C(=O)N2C. The van der Waals surface area contributed by atoms with E-state index >= 15 is 0 Å². The zero-order valence-corrected chi connectivity index (χ0v) is 9.59. The molecule has 2 saturated heterocycles. The van der Waals surface area contributed by atoms with Gasteiger partial charge in [0.2, 0.25) is 5.91 Å². The smallest absolute Gasteiger partial charge is 0.228 e. The van der Waals surface area contributed by atoms with E-state index in [0.29, 0.717) is 11.8 Å². The second-order valence-corrected chi connectivity index (χ2v) is 5.78. The summed E-state index contributed by atoms with van der Waals surface area (Å²) in [5.41, 5.74) is -0.399. The number of hydrogen-bond donors (Lipinski definition) is 1. The van der Waals surface area contributed by atoms with Crippen LogP contribution < -0.4 is 0 Å². The predicted octanol–water partition coefficient (Wildman–Crippen LogP) is 0.206. The number of hydrogen-bond acceptors (Lipinski definition) is 3. The molecule has 0 aromatic heterocycles. The lowest BCUT2D eigenvalue weighted by atomic mass is 9.76. The molecule has 7 unspecified atom stereocenters. The molecule has 2 aliphatic carbocycles. The van der Waals surface area contributed by atoms with Gasteiger partial charge in [0.05, 0.1) is 18.1 Å². The van der Waals surface area contributed by atoms with E-state index < -0.39 is 11.8 Å². The average molecular weight is 223 g/mol. The van der Waals surface area contributed by atoms with Gasteiger partial charge in [-0.05, 0) is 24.7 Å². The molecule has 1 amide bonds. The second-order valence-electron chi connectivity index (χ2n) is 5.78. The number of amides is 1. The monoisotopic (exact) mass is 223 g/mol. The maximum atomic E-state index is 12.3. The number of nitrogens with zero attached hydrogens (tertiary/aromatic N) is 1. The normalized spacial score (nSPS) is 61.4. The third kappa shape index (κ3) is 0.670. The van der Waals surface area contributed by atoms with Crippen molar-refractivity contribution in [3.8, 4) is 0 Å². The van der Waals surface area contributed by atoms with Gasteiger partial charge in [-0.1, -0.05) is 6.92 Å². The minimum Gasteiger partial charge on any atom is -0.390 e. The van der Waals surface area contributed by atoms with Gasteiger partial charge in [0.15, 0.2) is 0 Å². The average Bonchev–Trinajstić information content (AvgIpc) is 2.91. The van der Waals surface area contributed by atoms with Crippen molar-refractivity contribution in [2.75, 3.05) is 7.05 Å². The summed E-state index contributed by atoms with van der Waals surface area (Å²) >= 11 is 0. The topological polar surface area (TPSA) is 49.8 Å². The van der Waals surface area contributed by atoms with Gasteiger partial charge in [-0.2, -0.15) is 0 Å². The van der Waals surface area contributed by atoms with Gasteiger partial charge in [0, 0.05) is 13.0 Å². The van der Waals surface area contributed by atoms with Gasteiger partial charge in [-0.15, -0.1) is 0 Å². The highest BCUT2D eigenvalue weighted by molar-refractivity contribution is 5.84. The van der Waals surface area contributed by atoms with Crippen LogP contribution in [0, 0.1) is 23.7 Å². The van der Waals surface area contributed by atoms with Gasteiger partial charge < -0.3 is 14.7 Å². The Morgan fingerprint density at radius 3 is 3.00 bits per heavy atom. The Bertz CT molecular complexity index is 384. The Hall–Kier alpha value is -0.610. The maximum absolute atomic E-state index is 12.3. The number of likely N-dealkylation sites (tertiary alicyclic amines) is 1. The molecular weight excluding hydrogens is 206 g/mol. The zero-order chi connectivity index (χ0) is 11.2. The lowest BCUT2D eigenvalue weighted by molar-refractivity contribution is -0.173. The molecule has 2 bridgehead atoms. The van der Waals surface area contributed by atoms with Crippen LogP contribution in [0.15, 0.2) is 0 Å². The van der Waals surface area contributed by atoms with Crippen LogP contribution in [-0.2, 0) is 9.53 Å². The number of carbonyl (C=O) groups is 1. The zero-order valence-electron chi connectivity index (χ0n) is 9.59. The minimum absolute atomic E-state index is 0.0123. The van der Waals surface area contributed by atoms with E-state index in [1.54, 1.807) is 0 Å². The number of aliphatic hydroxyl groups is 1. The first-order chi connectivity index (χ1) is 7.62. The molecule has 1 N–H and O–H groups in total. The van der Waals surface area contributed by atoms with Gasteiger partial charge >= 0.3 is 0 Å². The number of aliphatic hydroxyl groups excluding tert-OH is 1. The summed E-state index contributed by atoms with van der Waals surface area (Å²) < 4.78 is 6.12. The summed E-state index contributed by atoms with van der Waals surface area (Å²) in [6.45, 7) is 2.08. The van der Waals surface area contributed by atoms with Crippen LogP contribution in [0.2, 0.25) is 0 Å². The van der Waals surface area contributed by atoms with E-state index in [0.717, 1.165) is 12.8 Å². The van der Waals surface area contributed by atoms with Gasteiger partial charge in [0.25, 0.3) is 0 Å². The molecule has 2 heterocycles. The highest BCUT2D eigenvalue weighted by Gasteiger charge is 2.77. The Morgan fingerprint density at radius 2 is 2.31 bits per heavy atom. The van der Waals surface area contributed by atoms with Crippen molar-refractivity contribution in [2.45, 2.75) is 37.7 Å². The van der Waals surface area contributed by atoms with Crippen molar-refractivity contribution in [1.29, 1.82) is 0 Å². The van der Waals surface area contributed by atoms with Crippen molar-refractivity contribution < 1.29 is 14.6 Å². The largest absolute Gasteiger partial charge is 0.390 e. The molecule has 0 radical (unpaired) electrons. The summed E-state index contributed by atoms with van der Waals surface area (Å²) in [6.07, 6.45) is 1.41. The van der Waals surface area contributed by atoms with Crippen molar-refractivity contribution >= 4 is 5.91 Å². The lowest BCUT2D eigenvalue weighted by Gasteiger charge is -2.35. The number of ether oxygens (including phenoxy) is 1. The van der Waals surface area contributed by atoms with Crippen molar-refractivity contribution in [1.82, 2.24) is 4.90 Å². The fraction of sp³-hybridized carbons (Fsp3) is 0.917. The van der Waals surface area contributed by atoms with Crippen LogP contribution in [0.25, 0.3) is 0 Å². The summed E-state index contributed by atoms with van der Waals surface area (Å²) in [4.78, 5) is 14.1. The van der Waals surface area contributed by atoms with Crippen molar-refractivity contribution in [3.05, 3.63) is 0 Å². The maximum Gasteiger partial charge on any atom is 0.228 e. The molecule has 2 saturated carbocycles. The molecule has 0 aromatic rings. The first-order valence-electron chi connectivity index (χ1n) is 6.25. The Kier molecular flexibility index (Phi) is 1.45. The van der Waals surface area contributed by atoms with Gasteiger partial charge in [-0.3, -0.25) is 4.79 Å². The second kappa shape index (κ2) is 2.46. The molecular formula is C12H17NO3. The van der Waals surface area contributed by atoms with Crippen LogP contribution >= 0.6 is 0 Å². The number of fused-ring (bicyclic) bond motifs is 2.